The molecule has 460 valence electrons. The van der Waals surface area contributed by atoms with Gasteiger partial charge in [-0.25, -0.2) is 0 Å². The Hall–Kier alpha value is -3.10. The first kappa shape index (κ1) is 76.9. The van der Waals surface area contributed by atoms with Gasteiger partial charge in [0.25, 0.3) is 7.82 Å². The minimum absolute atomic E-state index is 0.0114. The fraction of sp³-hybridized carbons (Fsp3) is 0.704. The molecule has 80 heavy (non-hydrogen) atoms. The molecule has 0 spiro atoms. The minimum atomic E-state index is -4.62. The van der Waals surface area contributed by atoms with Crippen LogP contribution in [-0.4, -0.2) is 68.5 Å². The quantitative estimate of drug-likeness (QED) is 0.0272. The molecule has 3 unspecified atom stereocenters. The van der Waals surface area contributed by atoms with Gasteiger partial charge in [-0.15, -0.1) is 0 Å². The van der Waals surface area contributed by atoms with Gasteiger partial charge in [-0.05, 0) is 96.3 Å². The maximum absolute atomic E-state index is 13.0. The first-order chi connectivity index (χ1) is 39.0. The number of carbonyl (C=O) groups is 1. The van der Waals surface area contributed by atoms with Crippen LogP contribution in [0.25, 0.3) is 0 Å². The number of nitrogens with one attached hydrogen (secondary N) is 1. The molecular formula is C71H125N2O6P. The lowest BCUT2D eigenvalue weighted by Crippen LogP contribution is -2.45. The third-order valence-corrected chi connectivity index (χ3v) is 15.1. The number of quaternary nitrogens is 1. The number of nitrogens with zero attached hydrogens (tertiary/aromatic N) is 1. The van der Waals surface area contributed by atoms with Gasteiger partial charge in [0.1, 0.15) is 13.2 Å². The maximum Gasteiger partial charge on any atom is 0.268 e. The van der Waals surface area contributed by atoms with Crippen LogP contribution in [0.4, 0.5) is 0 Å². The van der Waals surface area contributed by atoms with E-state index in [1.807, 2.05) is 27.2 Å². The molecule has 0 bridgehead atoms. The largest absolute Gasteiger partial charge is 0.756 e. The number of hydrogen-bond donors (Lipinski definition) is 2. The van der Waals surface area contributed by atoms with Crippen LogP contribution in [0.15, 0.2) is 122 Å². The lowest BCUT2D eigenvalue weighted by atomic mass is 10.0. The molecule has 0 aliphatic rings. The number of carbonyl (C=O) groups excluding carboxylic acids is 1. The van der Waals surface area contributed by atoms with E-state index in [9.17, 15) is 19.4 Å². The molecule has 0 saturated carbocycles. The molecule has 0 aliphatic heterocycles. The monoisotopic (exact) mass is 1130 g/mol. The summed E-state index contributed by atoms with van der Waals surface area (Å²) in [5.74, 6) is -0.212. The molecule has 0 aromatic carbocycles. The van der Waals surface area contributed by atoms with Gasteiger partial charge in [0.05, 0.1) is 39.9 Å². The second-order valence-electron chi connectivity index (χ2n) is 23.1. The van der Waals surface area contributed by atoms with Gasteiger partial charge in [-0.3, -0.25) is 9.36 Å². The number of phosphoric acid groups is 1. The number of aliphatic hydroxyl groups excluding tert-OH is 1. The van der Waals surface area contributed by atoms with E-state index in [0.29, 0.717) is 17.4 Å². The Labute approximate surface area is 494 Å². The number of unbranched alkanes of at least 4 members (excludes halogenated alkanes) is 28. The summed E-state index contributed by atoms with van der Waals surface area (Å²) in [7, 11) is 1.23. The number of amides is 1. The Balaban J connectivity index is 4.15. The smallest absolute Gasteiger partial charge is 0.268 e. The van der Waals surface area contributed by atoms with Crippen molar-refractivity contribution in [2.24, 2.45) is 0 Å². The average Bonchev–Trinajstić information content (AvgIpc) is 3.42. The highest BCUT2D eigenvalue weighted by Gasteiger charge is 2.23. The zero-order valence-corrected chi connectivity index (χ0v) is 53.4. The molecule has 0 aliphatic carbocycles. The summed E-state index contributed by atoms with van der Waals surface area (Å²) in [6.45, 7) is 4.52. The lowest BCUT2D eigenvalue weighted by molar-refractivity contribution is -0.870. The fourth-order valence-corrected chi connectivity index (χ4v) is 9.79. The van der Waals surface area contributed by atoms with Crippen LogP contribution in [0, 0.1) is 0 Å². The predicted molar refractivity (Wildman–Crippen MR) is 348 cm³/mol. The van der Waals surface area contributed by atoms with Crippen molar-refractivity contribution < 1.29 is 32.9 Å². The first-order valence-corrected chi connectivity index (χ1v) is 34.4. The zero-order chi connectivity index (χ0) is 58.4. The normalized spacial score (nSPS) is 14.5. The lowest BCUT2D eigenvalue weighted by Gasteiger charge is -2.29. The minimum Gasteiger partial charge on any atom is -0.756 e. The molecule has 0 heterocycles. The number of hydrogen-bond acceptors (Lipinski definition) is 6. The van der Waals surface area contributed by atoms with E-state index < -0.39 is 26.6 Å². The third-order valence-electron chi connectivity index (χ3n) is 14.2. The van der Waals surface area contributed by atoms with Crippen molar-refractivity contribution in [3.05, 3.63) is 122 Å². The van der Waals surface area contributed by atoms with Crippen LogP contribution in [0.3, 0.4) is 0 Å². The average molecular weight is 1130 g/mol. The van der Waals surface area contributed by atoms with E-state index >= 15 is 0 Å². The molecule has 2 N–H and O–H groups in total. The molecule has 0 aromatic heterocycles. The molecule has 3 atom stereocenters. The van der Waals surface area contributed by atoms with Gasteiger partial charge in [0, 0.05) is 6.42 Å². The van der Waals surface area contributed by atoms with E-state index in [-0.39, 0.29) is 12.5 Å². The second kappa shape index (κ2) is 60.5. The summed E-state index contributed by atoms with van der Waals surface area (Å²) in [5, 5.41) is 13.9. The molecule has 0 rings (SSSR count). The van der Waals surface area contributed by atoms with Gasteiger partial charge < -0.3 is 28.8 Å². The summed E-state index contributed by atoms with van der Waals surface area (Å²) in [5.41, 5.74) is 0. The zero-order valence-electron chi connectivity index (χ0n) is 52.5. The van der Waals surface area contributed by atoms with Gasteiger partial charge in [-0.1, -0.05) is 289 Å². The van der Waals surface area contributed by atoms with Crippen molar-refractivity contribution in [3.63, 3.8) is 0 Å². The Morgan fingerprint density at radius 2 is 0.775 bits per heavy atom. The topological polar surface area (TPSA) is 108 Å². The number of allylic oxidation sites excluding steroid dienone is 19. The molecular weight excluding hydrogens is 1010 g/mol. The van der Waals surface area contributed by atoms with Crippen LogP contribution in [0.1, 0.15) is 271 Å². The van der Waals surface area contributed by atoms with Crippen LogP contribution >= 0.6 is 7.82 Å². The molecule has 8 nitrogen and oxygen atoms in total. The first-order valence-electron chi connectivity index (χ1n) is 32.9. The highest BCUT2D eigenvalue weighted by atomic mass is 31.2. The van der Waals surface area contributed by atoms with Crippen molar-refractivity contribution >= 4 is 13.7 Å². The van der Waals surface area contributed by atoms with Crippen molar-refractivity contribution in [1.29, 1.82) is 0 Å². The molecule has 9 heteroatoms. The Kier molecular flexibility index (Phi) is 58.1. The molecule has 0 saturated heterocycles. The van der Waals surface area contributed by atoms with Crippen molar-refractivity contribution in [2.75, 3.05) is 40.9 Å². The number of phosphoric ester groups is 1. The highest BCUT2D eigenvalue weighted by molar-refractivity contribution is 7.45. The van der Waals surface area contributed by atoms with Gasteiger partial charge in [-0.2, -0.15) is 0 Å². The number of rotatable bonds is 59. The van der Waals surface area contributed by atoms with Crippen LogP contribution in [-0.2, 0) is 18.4 Å². The summed E-state index contributed by atoms with van der Waals surface area (Å²) in [4.78, 5) is 25.6. The second-order valence-corrected chi connectivity index (χ2v) is 24.5. The highest BCUT2D eigenvalue weighted by Crippen LogP contribution is 2.38. The number of likely N-dealkylation sites (N-methyl/N-ethyl adjacent to an activating group) is 1. The standard InChI is InChI=1S/C71H125N2O6P/c1-6-8-10-12-14-16-18-20-22-24-26-28-29-30-31-32-33-34-35-36-37-38-39-40-41-42-43-45-47-49-51-53-55-57-59-61-63-65-71(75)72-69(68-79-80(76,77)78-67-66-73(3,4)5)70(74)64-62-60-58-56-54-52-50-48-46-44-27-25-23-21-19-17-15-13-11-9-7-2/h8,10,14,16,20,22,26,28,30-31,33-34,36-37,39-40,54,56,62,64,69-70,74H,6-7,9,11-13,15,17-19,21,23-25,27,29,32,35,38,41-53,55,57-61,63,65-68H2,1-5H3,(H-,72,75,76,77)/b10-8-,16-14-,22-20-,28-26-,31-30-,34-33-,37-36-,40-39-,56-54+,64-62+. The van der Waals surface area contributed by atoms with E-state index in [1.165, 1.54) is 161 Å². The van der Waals surface area contributed by atoms with Gasteiger partial charge in [0.15, 0.2) is 0 Å². The van der Waals surface area contributed by atoms with Crippen LogP contribution in [0.2, 0.25) is 0 Å². The van der Waals surface area contributed by atoms with E-state index in [4.69, 9.17) is 9.05 Å². The fourth-order valence-electron chi connectivity index (χ4n) is 9.07. The predicted octanol–water partition coefficient (Wildman–Crippen LogP) is 20.2. The van der Waals surface area contributed by atoms with E-state index in [0.717, 1.165) is 89.9 Å². The summed E-state index contributed by atoms with van der Waals surface area (Å²) in [6.07, 6.45) is 90.1. The summed E-state index contributed by atoms with van der Waals surface area (Å²) in [6, 6.07) is -0.913. The maximum atomic E-state index is 13.0. The number of aliphatic hydroxyl groups is 1. The van der Waals surface area contributed by atoms with Crippen LogP contribution in [0.5, 0.6) is 0 Å². The summed E-state index contributed by atoms with van der Waals surface area (Å²) >= 11 is 0. The summed E-state index contributed by atoms with van der Waals surface area (Å²) < 4.78 is 23.4. The molecule has 0 aromatic rings. The Morgan fingerprint density at radius 3 is 1.16 bits per heavy atom. The SMILES string of the molecule is CC/C=C\C/C=C\C/C=C\C/C=C\C/C=C\C/C=C\C/C=C\C/C=C\CCCCCCCCCCCCCCC(=O)NC(COP(=O)([O-])OCC[N+](C)(C)C)C(O)/C=C/CC/C=C/CCCCCCCCCCCCCCCCC. The van der Waals surface area contributed by atoms with Crippen molar-refractivity contribution in [1.82, 2.24) is 5.32 Å². The molecule has 0 fully saturated rings. The third kappa shape index (κ3) is 62.5. The van der Waals surface area contributed by atoms with Crippen LogP contribution < -0.4 is 10.2 Å². The molecule has 0 radical (unpaired) electrons. The van der Waals surface area contributed by atoms with Crippen molar-refractivity contribution in [2.45, 2.75) is 283 Å². The van der Waals surface area contributed by atoms with E-state index in [2.05, 4.69) is 129 Å². The molecule has 1 amide bonds. The Bertz CT molecular complexity index is 1720. The van der Waals surface area contributed by atoms with Crippen molar-refractivity contribution in [3.8, 4) is 0 Å². The van der Waals surface area contributed by atoms with E-state index in [1.54, 1.807) is 6.08 Å². The van der Waals surface area contributed by atoms with Gasteiger partial charge >= 0.3 is 0 Å². The Morgan fingerprint density at radius 1 is 0.450 bits per heavy atom. The van der Waals surface area contributed by atoms with Gasteiger partial charge in [0.2, 0.25) is 5.91 Å².